The van der Waals surface area contributed by atoms with Crippen molar-refractivity contribution in [2.75, 3.05) is 5.32 Å². The first-order valence-corrected chi connectivity index (χ1v) is 11.0. The van der Waals surface area contributed by atoms with Gasteiger partial charge in [0.05, 0.1) is 33.2 Å². The monoisotopic (exact) mass is 479 g/mol. The number of carbonyl (C=O) groups is 1. The highest BCUT2D eigenvalue weighted by molar-refractivity contribution is 7.94. The zero-order valence-electron chi connectivity index (χ0n) is 16.6. The molecule has 32 heavy (non-hydrogen) atoms. The number of rotatable bonds is 7. The zero-order valence-corrected chi connectivity index (χ0v) is 18.3. The van der Waals surface area contributed by atoms with Crippen molar-refractivity contribution in [1.29, 1.82) is 0 Å². The Hall–Kier alpha value is -3.07. The summed E-state index contributed by atoms with van der Waals surface area (Å²) < 4.78 is 37.2. The summed E-state index contributed by atoms with van der Waals surface area (Å²) in [5.74, 6) is -1.01. The standard InChI is InChI=1S/C19H17N3O8S2/c1-10-3-5-13(6-4-10)21-22-18-16(31-30-29-25)8-12-7-14(32(26,27)28)9-15(20-11(2)23)17(12)19(18)24/h3-9,24-25H,1-2H3,(H,20,23)(H,26,27,28). The summed E-state index contributed by atoms with van der Waals surface area (Å²) in [5.41, 5.74) is 1.31. The maximum absolute atomic E-state index is 11.7. The number of carbonyl (C=O) groups excluding carboxylic acids is 1. The average Bonchev–Trinajstić information content (AvgIpc) is 2.71. The molecule has 4 N–H and O–H groups in total. The smallest absolute Gasteiger partial charge is 0.294 e. The zero-order chi connectivity index (χ0) is 23.5. The molecule has 0 spiro atoms. The van der Waals surface area contributed by atoms with Gasteiger partial charge in [-0.3, -0.25) is 9.35 Å². The Labute approximate surface area is 186 Å². The van der Waals surface area contributed by atoms with Crippen molar-refractivity contribution in [3.63, 3.8) is 0 Å². The van der Waals surface area contributed by atoms with E-state index in [1.54, 1.807) is 12.1 Å². The molecule has 168 valence electrons. The second-order valence-electron chi connectivity index (χ2n) is 6.56. The van der Waals surface area contributed by atoms with Crippen LogP contribution < -0.4 is 5.32 Å². The van der Waals surface area contributed by atoms with Crippen LogP contribution in [0.3, 0.4) is 0 Å². The molecule has 13 heteroatoms. The van der Waals surface area contributed by atoms with Crippen LogP contribution in [0.5, 0.6) is 5.75 Å². The van der Waals surface area contributed by atoms with Crippen molar-refractivity contribution >= 4 is 55.9 Å². The van der Waals surface area contributed by atoms with Gasteiger partial charge < -0.3 is 10.4 Å². The van der Waals surface area contributed by atoms with Crippen LogP contribution in [-0.4, -0.2) is 29.2 Å². The molecule has 0 bridgehead atoms. The average molecular weight is 479 g/mol. The molecular formula is C19H17N3O8S2. The summed E-state index contributed by atoms with van der Waals surface area (Å²) in [5, 5.41) is 33.8. The van der Waals surface area contributed by atoms with Gasteiger partial charge in [0.15, 0.2) is 5.75 Å². The highest BCUT2D eigenvalue weighted by atomic mass is 32.2. The number of hydrogen-bond acceptors (Lipinski definition) is 10. The van der Waals surface area contributed by atoms with E-state index >= 15 is 0 Å². The SMILES string of the molecule is CC(=O)Nc1cc(S(=O)(=O)O)cc2cc(SOOO)c(N=Nc3ccc(C)cc3)c(O)c12. The first-order chi connectivity index (χ1) is 15.1. The largest absolute Gasteiger partial charge is 0.505 e. The number of anilines is 1. The van der Waals surface area contributed by atoms with Gasteiger partial charge in [-0.1, -0.05) is 22.7 Å². The Morgan fingerprint density at radius 3 is 2.41 bits per heavy atom. The molecule has 3 aromatic carbocycles. The van der Waals surface area contributed by atoms with Gasteiger partial charge >= 0.3 is 0 Å². The summed E-state index contributed by atoms with van der Waals surface area (Å²) >= 11 is 0.461. The van der Waals surface area contributed by atoms with Crippen LogP contribution in [-0.2, 0) is 24.3 Å². The fraction of sp³-hybridized carbons (Fsp3) is 0.105. The van der Waals surface area contributed by atoms with E-state index in [9.17, 15) is 22.9 Å². The number of phenols is 1. The Balaban J connectivity index is 2.28. The molecule has 11 nitrogen and oxygen atoms in total. The Kier molecular flexibility index (Phi) is 7.08. The first kappa shape index (κ1) is 23.6. The maximum Gasteiger partial charge on any atom is 0.294 e. The topological polar surface area (TPSA) is 167 Å². The molecule has 0 aliphatic carbocycles. The van der Waals surface area contributed by atoms with Crippen molar-refractivity contribution in [1.82, 2.24) is 0 Å². The second-order valence-corrected chi connectivity index (χ2v) is 8.72. The Morgan fingerprint density at radius 1 is 1.12 bits per heavy atom. The van der Waals surface area contributed by atoms with Crippen LogP contribution in [0.2, 0.25) is 0 Å². The number of phenolic OH excluding ortho intramolecular Hbond substituents is 1. The fourth-order valence-electron chi connectivity index (χ4n) is 2.83. The number of amides is 1. The lowest BCUT2D eigenvalue weighted by atomic mass is 10.1. The Bertz CT molecular complexity index is 1310. The molecule has 3 aromatic rings. The second kappa shape index (κ2) is 9.60. The molecule has 0 heterocycles. The molecule has 0 saturated heterocycles. The van der Waals surface area contributed by atoms with E-state index in [4.69, 9.17) is 5.26 Å². The van der Waals surface area contributed by atoms with Crippen molar-refractivity contribution in [3.8, 4) is 5.75 Å². The number of azo groups is 1. The van der Waals surface area contributed by atoms with E-state index in [0.717, 1.165) is 17.7 Å². The van der Waals surface area contributed by atoms with Gasteiger partial charge in [-0.15, -0.1) is 9.45 Å². The third-order valence-corrected chi connectivity index (χ3v) is 5.64. The van der Waals surface area contributed by atoms with E-state index in [0.29, 0.717) is 17.7 Å². The minimum Gasteiger partial charge on any atom is -0.505 e. The van der Waals surface area contributed by atoms with Crippen LogP contribution in [0, 0.1) is 6.92 Å². The van der Waals surface area contributed by atoms with Gasteiger partial charge in [0.2, 0.25) is 5.91 Å². The summed E-state index contributed by atoms with van der Waals surface area (Å²) in [6, 6.07) is 10.5. The number of nitrogens with one attached hydrogen (secondary N) is 1. The van der Waals surface area contributed by atoms with Gasteiger partial charge in [0, 0.05) is 12.3 Å². The van der Waals surface area contributed by atoms with E-state index in [1.807, 2.05) is 19.1 Å². The summed E-state index contributed by atoms with van der Waals surface area (Å²) in [6.07, 6.45) is 0. The van der Waals surface area contributed by atoms with Gasteiger partial charge in [0.1, 0.15) is 5.69 Å². The predicted octanol–water partition coefficient (Wildman–Crippen LogP) is 4.90. The predicted molar refractivity (Wildman–Crippen MR) is 116 cm³/mol. The quantitative estimate of drug-likeness (QED) is 0.121. The van der Waals surface area contributed by atoms with Crippen molar-refractivity contribution in [2.45, 2.75) is 23.6 Å². The lowest BCUT2D eigenvalue weighted by molar-refractivity contribution is -0.432. The number of aromatic hydroxyl groups is 1. The van der Waals surface area contributed by atoms with Crippen molar-refractivity contribution in [2.24, 2.45) is 10.2 Å². The van der Waals surface area contributed by atoms with E-state index in [2.05, 4.69) is 24.9 Å². The minimum absolute atomic E-state index is 0.0414. The molecule has 0 aliphatic heterocycles. The maximum atomic E-state index is 11.7. The minimum atomic E-state index is -4.63. The number of fused-ring (bicyclic) bond motifs is 1. The number of benzene rings is 3. The molecule has 0 fully saturated rings. The van der Waals surface area contributed by atoms with Gasteiger partial charge in [-0.05, 0) is 42.6 Å². The molecule has 0 aromatic heterocycles. The highest BCUT2D eigenvalue weighted by Crippen LogP contribution is 2.47. The summed E-state index contributed by atoms with van der Waals surface area (Å²) in [4.78, 5) is 11.2. The van der Waals surface area contributed by atoms with Crippen LogP contribution in [0.1, 0.15) is 12.5 Å². The third-order valence-electron chi connectivity index (χ3n) is 4.19. The lowest BCUT2D eigenvalue weighted by Gasteiger charge is -2.14. The third kappa shape index (κ3) is 5.40. The summed E-state index contributed by atoms with van der Waals surface area (Å²) in [7, 11) is -4.63. The highest BCUT2D eigenvalue weighted by Gasteiger charge is 2.21. The van der Waals surface area contributed by atoms with E-state index in [1.165, 1.54) is 13.0 Å². The van der Waals surface area contributed by atoms with Crippen LogP contribution in [0.25, 0.3) is 10.8 Å². The van der Waals surface area contributed by atoms with Crippen LogP contribution >= 0.6 is 12.0 Å². The van der Waals surface area contributed by atoms with Crippen LogP contribution in [0.4, 0.5) is 17.1 Å². The Morgan fingerprint density at radius 2 is 1.81 bits per heavy atom. The van der Waals surface area contributed by atoms with Crippen molar-refractivity contribution < 1.29 is 37.5 Å². The number of hydrogen-bond donors (Lipinski definition) is 4. The lowest BCUT2D eigenvalue weighted by Crippen LogP contribution is -2.08. The summed E-state index contributed by atoms with van der Waals surface area (Å²) in [6.45, 7) is 3.10. The van der Waals surface area contributed by atoms with Gasteiger partial charge in [-0.2, -0.15) is 13.5 Å². The molecular weight excluding hydrogens is 462 g/mol. The van der Waals surface area contributed by atoms with E-state index in [-0.39, 0.29) is 27.0 Å². The number of nitrogens with zero attached hydrogens (tertiary/aromatic N) is 2. The molecule has 0 radical (unpaired) electrons. The molecule has 1 amide bonds. The fourth-order valence-corrected chi connectivity index (χ4v) is 3.87. The van der Waals surface area contributed by atoms with E-state index < -0.39 is 26.7 Å². The molecule has 0 aliphatic rings. The number of aryl methyl sites for hydroxylation is 1. The van der Waals surface area contributed by atoms with Crippen LogP contribution in [0.15, 0.2) is 62.5 Å². The van der Waals surface area contributed by atoms with Crippen molar-refractivity contribution in [3.05, 3.63) is 48.0 Å². The first-order valence-electron chi connectivity index (χ1n) is 8.82. The normalized spacial score (nSPS) is 11.9. The van der Waals surface area contributed by atoms with Gasteiger partial charge in [-0.25, -0.2) is 5.26 Å². The van der Waals surface area contributed by atoms with Gasteiger partial charge in [0.25, 0.3) is 10.1 Å². The molecule has 0 saturated carbocycles. The molecule has 0 unspecified atom stereocenters. The molecule has 0 atom stereocenters. The molecule has 3 rings (SSSR count).